The van der Waals surface area contributed by atoms with Crippen molar-refractivity contribution < 1.29 is 0 Å². The van der Waals surface area contributed by atoms with E-state index < -0.39 is 0 Å². The van der Waals surface area contributed by atoms with Gasteiger partial charge in [0.05, 0.1) is 11.0 Å². The first-order chi connectivity index (χ1) is 9.19. The summed E-state index contributed by atoms with van der Waals surface area (Å²) in [6.45, 7) is 3.21. The normalized spacial score (nSPS) is 23.3. The van der Waals surface area contributed by atoms with E-state index in [0.29, 0.717) is 12.0 Å². The molecule has 0 radical (unpaired) electrons. The van der Waals surface area contributed by atoms with E-state index in [1.165, 1.54) is 11.3 Å². The molecule has 3 rings (SSSR count). The molecule has 2 atom stereocenters. The molecule has 1 aliphatic rings. The van der Waals surface area contributed by atoms with Crippen LogP contribution < -0.4 is 5.73 Å². The molecule has 0 spiro atoms. The summed E-state index contributed by atoms with van der Waals surface area (Å²) in [6.07, 6.45) is 4.43. The number of nitrogens with zero attached hydrogens (tertiary/aromatic N) is 2. The lowest BCUT2D eigenvalue weighted by Gasteiger charge is -2.13. The Labute approximate surface area is 118 Å². The quantitative estimate of drug-likeness (QED) is 0.930. The maximum absolute atomic E-state index is 6.07. The lowest BCUT2D eigenvalue weighted by Crippen LogP contribution is -2.15. The van der Waals surface area contributed by atoms with Crippen molar-refractivity contribution in [3.63, 3.8) is 0 Å². The van der Waals surface area contributed by atoms with E-state index in [1.807, 2.05) is 12.1 Å². The number of fused-ring (bicyclic) bond motifs is 1. The zero-order valence-corrected chi connectivity index (χ0v) is 12.0. The Hall–Kier alpha value is -1.06. The summed E-state index contributed by atoms with van der Waals surface area (Å²) >= 11 is 6.07. The lowest BCUT2D eigenvalue weighted by molar-refractivity contribution is 0.577. The first-order valence-corrected chi connectivity index (χ1v) is 7.48. The van der Waals surface area contributed by atoms with Gasteiger partial charge in [0.15, 0.2) is 0 Å². The van der Waals surface area contributed by atoms with Gasteiger partial charge in [-0.1, -0.05) is 18.5 Å². The summed E-state index contributed by atoms with van der Waals surface area (Å²) < 4.78 is 2.36. The van der Waals surface area contributed by atoms with Gasteiger partial charge in [-0.25, -0.2) is 4.98 Å². The predicted molar refractivity (Wildman–Crippen MR) is 79.6 cm³/mol. The van der Waals surface area contributed by atoms with Gasteiger partial charge in [0.2, 0.25) is 0 Å². The molecule has 0 aliphatic heterocycles. The first kappa shape index (κ1) is 12.9. The van der Waals surface area contributed by atoms with E-state index in [1.54, 1.807) is 0 Å². The maximum atomic E-state index is 6.07. The highest BCUT2D eigenvalue weighted by Crippen LogP contribution is 2.35. The van der Waals surface area contributed by atoms with Crippen LogP contribution in [0.4, 0.5) is 0 Å². The Balaban J connectivity index is 2.09. The molecule has 0 saturated heterocycles. The molecule has 1 heterocycles. The number of nitrogens with two attached hydrogens (primary N) is 1. The molecule has 4 heteroatoms. The summed E-state index contributed by atoms with van der Waals surface area (Å²) in [7, 11) is 0. The van der Waals surface area contributed by atoms with Crippen LogP contribution in [-0.2, 0) is 6.54 Å². The lowest BCUT2D eigenvalue weighted by atomic mass is 10.1. The molecule has 3 nitrogen and oxygen atoms in total. The second-order valence-corrected chi connectivity index (χ2v) is 5.96. The molecular weight excluding hydrogens is 258 g/mol. The number of aromatic nitrogens is 2. The van der Waals surface area contributed by atoms with Crippen LogP contribution in [0, 0.1) is 0 Å². The molecule has 102 valence electrons. The van der Waals surface area contributed by atoms with Gasteiger partial charge in [0.1, 0.15) is 5.82 Å². The van der Waals surface area contributed by atoms with E-state index in [4.69, 9.17) is 22.3 Å². The Bertz CT molecular complexity index is 590. The van der Waals surface area contributed by atoms with E-state index in [0.717, 1.165) is 42.8 Å². The summed E-state index contributed by atoms with van der Waals surface area (Å²) in [5.74, 6) is 1.71. The Morgan fingerprint density at radius 3 is 2.95 bits per heavy atom. The second kappa shape index (κ2) is 5.14. The first-order valence-electron chi connectivity index (χ1n) is 7.10. The van der Waals surface area contributed by atoms with Crippen molar-refractivity contribution in [2.75, 3.05) is 0 Å². The zero-order chi connectivity index (χ0) is 13.4. The summed E-state index contributed by atoms with van der Waals surface area (Å²) in [5.41, 5.74) is 8.25. The van der Waals surface area contributed by atoms with Gasteiger partial charge >= 0.3 is 0 Å². The number of rotatable bonds is 3. The minimum absolute atomic E-state index is 0.337. The van der Waals surface area contributed by atoms with Crippen molar-refractivity contribution in [3.05, 3.63) is 29.0 Å². The highest BCUT2D eigenvalue weighted by atomic mass is 35.5. The summed E-state index contributed by atoms with van der Waals surface area (Å²) in [4.78, 5) is 4.83. The number of hydrogen-bond donors (Lipinski definition) is 1. The number of aryl methyl sites for hydroxylation is 1. The van der Waals surface area contributed by atoms with Crippen LogP contribution in [0.1, 0.15) is 44.3 Å². The van der Waals surface area contributed by atoms with Gasteiger partial charge in [0.25, 0.3) is 0 Å². The van der Waals surface area contributed by atoms with Crippen LogP contribution in [0.15, 0.2) is 18.2 Å². The standard InChI is InChI=1S/C15H20ClN3/c1-2-7-19-14-6-4-11(16)9-13(14)18-15(19)10-3-5-12(17)8-10/h4,6,9-10,12H,2-3,5,7-8,17H2,1H3/t10-,12+/m1/s1. The number of hydrogen-bond acceptors (Lipinski definition) is 2. The molecule has 1 saturated carbocycles. The largest absolute Gasteiger partial charge is 0.328 e. The minimum Gasteiger partial charge on any atom is -0.328 e. The molecule has 1 aliphatic carbocycles. The van der Waals surface area contributed by atoms with Crippen molar-refractivity contribution in [3.8, 4) is 0 Å². The third-order valence-corrected chi connectivity index (χ3v) is 4.26. The van der Waals surface area contributed by atoms with E-state index >= 15 is 0 Å². The predicted octanol–water partition coefficient (Wildman–Crippen LogP) is 3.69. The molecule has 1 aromatic carbocycles. The molecular formula is C15H20ClN3. The fourth-order valence-electron chi connectivity index (χ4n) is 3.14. The van der Waals surface area contributed by atoms with Gasteiger partial charge < -0.3 is 10.3 Å². The van der Waals surface area contributed by atoms with Gasteiger partial charge in [-0.2, -0.15) is 0 Å². The Morgan fingerprint density at radius 1 is 1.42 bits per heavy atom. The molecule has 0 bridgehead atoms. The van der Waals surface area contributed by atoms with E-state index in [9.17, 15) is 0 Å². The molecule has 1 aromatic heterocycles. The smallest absolute Gasteiger partial charge is 0.113 e. The van der Waals surface area contributed by atoms with Gasteiger partial charge in [-0.05, 0) is 43.9 Å². The van der Waals surface area contributed by atoms with Crippen LogP contribution in [-0.4, -0.2) is 15.6 Å². The molecule has 2 N–H and O–H groups in total. The van der Waals surface area contributed by atoms with Gasteiger partial charge in [0, 0.05) is 23.5 Å². The third kappa shape index (κ3) is 2.37. The molecule has 1 fully saturated rings. The highest BCUT2D eigenvalue weighted by molar-refractivity contribution is 6.31. The average Bonchev–Trinajstić information content (AvgIpc) is 2.94. The number of imidazole rings is 1. The number of halogens is 1. The topological polar surface area (TPSA) is 43.8 Å². The van der Waals surface area contributed by atoms with E-state index in [-0.39, 0.29) is 0 Å². The molecule has 0 unspecified atom stereocenters. The average molecular weight is 278 g/mol. The van der Waals surface area contributed by atoms with Crippen LogP contribution in [0.3, 0.4) is 0 Å². The fraction of sp³-hybridized carbons (Fsp3) is 0.533. The van der Waals surface area contributed by atoms with Crippen LogP contribution in [0.5, 0.6) is 0 Å². The van der Waals surface area contributed by atoms with Crippen molar-refractivity contribution in [1.82, 2.24) is 9.55 Å². The van der Waals surface area contributed by atoms with Crippen LogP contribution >= 0.6 is 11.6 Å². The summed E-state index contributed by atoms with van der Waals surface area (Å²) in [6, 6.07) is 6.32. The highest BCUT2D eigenvalue weighted by Gasteiger charge is 2.27. The van der Waals surface area contributed by atoms with Crippen LogP contribution in [0.25, 0.3) is 11.0 Å². The maximum Gasteiger partial charge on any atom is 0.113 e. The monoisotopic (exact) mass is 277 g/mol. The van der Waals surface area contributed by atoms with E-state index in [2.05, 4.69) is 17.6 Å². The second-order valence-electron chi connectivity index (χ2n) is 5.52. The SMILES string of the molecule is CCCn1c([C@@H]2CC[C@H](N)C2)nc2cc(Cl)ccc21. The molecule has 2 aromatic rings. The number of benzene rings is 1. The molecule has 19 heavy (non-hydrogen) atoms. The Morgan fingerprint density at radius 2 is 2.26 bits per heavy atom. The van der Waals surface area contributed by atoms with Crippen molar-refractivity contribution >= 4 is 22.6 Å². The van der Waals surface area contributed by atoms with Crippen molar-refractivity contribution in [2.24, 2.45) is 5.73 Å². The van der Waals surface area contributed by atoms with Crippen molar-refractivity contribution in [1.29, 1.82) is 0 Å². The third-order valence-electron chi connectivity index (χ3n) is 4.03. The summed E-state index contributed by atoms with van der Waals surface area (Å²) in [5, 5.41) is 0.753. The minimum atomic E-state index is 0.337. The molecule has 0 amide bonds. The zero-order valence-electron chi connectivity index (χ0n) is 11.3. The van der Waals surface area contributed by atoms with Crippen LogP contribution in [0.2, 0.25) is 5.02 Å². The van der Waals surface area contributed by atoms with Gasteiger partial charge in [-0.15, -0.1) is 0 Å². The fourth-order valence-corrected chi connectivity index (χ4v) is 3.31. The Kier molecular flexibility index (Phi) is 3.50. The van der Waals surface area contributed by atoms with Crippen molar-refractivity contribution in [2.45, 2.75) is 51.1 Å². The van der Waals surface area contributed by atoms with Gasteiger partial charge in [-0.3, -0.25) is 0 Å².